The zero-order valence-corrected chi connectivity index (χ0v) is 8.96. The minimum Gasteiger partial charge on any atom is -0.382 e. The van der Waals surface area contributed by atoms with E-state index in [9.17, 15) is 0 Å². The molecule has 0 aromatic heterocycles. The third-order valence-electron chi connectivity index (χ3n) is 2.53. The van der Waals surface area contributed by atoms with E-state index in [0.717, 1.165) is 0 Å². The smallest absolute Gasteiger partial charge is 0.0372 e. The molecule has 1 aromatic carbocycles. The average Bonchev–Trinajstić information content (AvgIpc) is 2.08. The lowest BCUT2D eigenvalue weighted by Crippen LogP contribution is -2.21. The van der Waals surface area contributed by atoms with Gasteiger partial charge < -0.3 is 5.32 Å². The van der Waals surface area contributed by atoms with Crippen LogP contribution in [0.3, 0.4) is 0 Å². The SMILES string of the molecule is Cc1ccccc1N[C@@H](C)C(C)C. The van der Waals surface area contributed by atoms with E-state index in [4.69, 9.17) is 0 Å². The first kappa shape index (κ1) is 10.1. The Morgan fingerprint density at radius 3 is 2.23 bits per heavy atom. The van der Waals surface area contributed by atoms with Crippen LogP contribution in [0.2, 0.25) is 0 Å². The van der Waals surface area contributed by atoms with E-state index in [1.54, 1.807) is 0 Å². The molecule has 0 aliphatic rings. The number of nitrogens with one attached hydrogen (secondary N) is 1. The molecule has 0 saturated heterocycles. The third-order valence-corrected chi connectivity index (χ3v) is 2.53. The van der Waals surface area contributed by atoms with Crippen LogP contribution in [0.1, 0.15) is 26.3 Å². The first-order chi connectivity index (χ1) is 6.11. The Morgan fingerprint density at radius 1 is 1.08 bits per heavy atom. The van der Waals surface area contributed by atoms with Crippen LogP contribution in [-0.4, -0.2) is 6.04 Å². The maximum atomic E-state index is 3.51. The van der Waals surface area contributed by atoms with Crippen molar-refractivity contribution in [2.24, 2.45) is 5.92 Å². The number of anilines is 1. The summed E-state index contributed by atoms with van der Waals surface area (Å²) in [7, 11) is 0. The molecule has 1 atom stereocenters. The lowest BCUT2D eigenvalue weighted by molar-refractivity contribution is 0.560. The largest absolute Gasteiger partial charge is 0.382 e. The van der Waals surface area contributed by atoms with Gasteiger partial charge in [-0.3, -0.25) is 0 Å². The second kappa shape index (κ2) is 4.31. The van der Waals surface area contributed by atoms with Crippen LogP contribution in [-0.2, 0) is 0 Å². The minimum atomic E-state index is 0.529. The van der Waals surface area contributed by atoms with Crippen molar-refractivity contribution in [2.75, 3.05) is 5.32 Å². The Morgan fingerprint density at radius 2 is 1.69 bits per heavy atom. The van der Waals surface area contributed by atoms with Gasteiger partial charge in [0, 0.05) is 11.7 Å². The molecular formula is C12H19N. The second-order valence-electron chi connectivity index (χ2n) is 3.99. The molecule has 1 rings (SSSR count). The first-order valence-corrected chi connectivity index (χ1v) is 4.93. The van der Waals surface area contributed by atoms with Gasteiger partial charge in [0.1, 0.15) is 0 Å². The molecule has 13 heavy (non-hydrogen) atoms. The second-order valence-corrected chi connectivity index (χ2v) is 3.99. The quantitative estimate of drug-likeness (QED) is 0.745. The maximum absolute atomic E-state index is 3.51. The highest BCUT2D eigenvalue weighted by Crippen LogP contribution is 2.16. The number of hydrogen-bond donors (Lipinski definition) is 1. The van der Waals surface area contributed by atoms with Crippen LogP contribution in [0.25, 0.3) is 0 Å². The molecule has 0 amide bonds. The minimum absolute atomic E-state index is 0.529. The summed E-state index contributed by atoms with van der Waals surface area (Å²) in [5.41, 5.74) is 2.57. The Hall–Kier alpha value is -0.980. The Kier molecular flexibility index (Phi) is 3.35. The van der Waals surface area contributed by atoms with Crippen molar-refractivity contribution in [1.82, 2.24) is 0 Å². The molecule has 0 unspecified atom stereocenters. The fourth-order valence-corrected chi connectivity index (χ4v) is 1.15. The van der Waals surface area contributed by atoms with Gasteiger partial charge in [0.2, 0.25) is 0 Å². The van der Waals surface area contributed by atoms with Crippen molar-refractivity contribution < 1.29 is 0 Å². The summed E-state index contributed by atoms with van der Waals surface area (Å²) in [5.74, 6) is 0.666. The molecule has 0 bridgehead atoms. The topological polar surface area (TPSA) is 12.0 Å². The predicted octanol–water partition coefficient (Wildman–Crippen LogP) is 3.45. The number of hydrogen-bond acceptors (Lipinski definition) is 1. The fourth-order valence-electron chi connectivity index (χ4n) is 1.15. The summed E-state index contributed by atoms with van der Waals surface area (Å²) in [6.07, 6.45) is 0. The predicted molar refractivity (Wildman–Crippen MR) is 59.1 cm³/mol. The number of para-hydroxylation sites is 1. The van der Waals surface area contributed by atoms with Gasteiger partial charge in [-0.05, 0) is 31.4 Å². The normalized spacial score (nSPS) is 13.0. The van der Waals surface area contributed by atoms with E-state index in [2.05, 4.69) is 57.3 Å². The number of rotatable bonds is 3. The van der Waals surface area contributed by atoms with E-state index < -0.39 is 0 Å². The zero-order valence-electron chi connectivity index (χ0n) is 8.96. The summed E-state index contributed by atoms with van der Waals surface area (Å²) in [4.78, 5) is 0. The zero-order chi connectivity index (χ0) is 9.84. The van der Waals surface area contributed by atoms with E-state index >= 15 is 0 Å². The van der Waals surface area contributed by atoms with E-state index in [1.807, 2.05) is 0 Å². The molecule has 0 heterocycles. The van der Waals surface area contributed by atoms with Gasteiger partial charge in [-0.25, -0.2) is 0 Å². The van der Waals surface area contributed by atoms with Crippen molar-refractivity contribution in [1.29, 1.82) is 0 Å². The van der Waals surface area contributed by atoms with Crippen molar-refractivity contribution in [2.45, 2.75) is 33.7 Å². The standard InChI is InChI=1S/C12H19N/c1-9(2)11(4)13-12-8-6-5-7-10(12)3/h5-9,11,13H,1-4H3/t11-/m0/s1. The molecule has 1 heteroatoms. The molecule has 0 saturated carbocycles. The highest BCUT2D eigenvalue weighted by atomic mass is 14.9. The van der Waals surface area contributed by atoms with Crippen LogP contribution >= 0.6 is 0 Å². The van der Waals surface area contributed by atoms with Crippen molar-refractivity contribution in [3.8, 4) is 0 Å². The summed E-state index contributed by atoms with van der Waals surface area (Å²) < 4.78 is 0. The third kappa shape index (κ3) is 2.76. The van der Waals surface area contributed by atoms with Crippen LogP contribution in [0.4, 0.5) is 5.69 Å². The first-order valence-electron chi connectivity index (χ1n) is 4.93. The summed E-state index contributed by atoms with van der Waals surface area (Å²) in [6, 6.07) is 8.94. The Bertz CT molecular complexity index is 266. The number of aryl methyl sites for hydroxylation is 1. The van der Waals surface area contributed by atoms with Crippen LogP contribution < -0.4 is 5.32 Å². The molecule has 0 radical (unpaired) electrons. The van der Waals surface area contributed by atoms with E-state index in [1.165, 1.54) is 11.3 Å². The van der Waals surface area contributed by atoms with Gasteiger partial charge in [-0.2, -0.15) is 0 Å². The molecule has 0 aliphatic carbocycles. The molecular weight excluding hydrogens is 158 g/mol. The molecule has 72 valence electrons. The van der Waals surface area contributed by atoms with Crippen LogP contribution in [0, 0.1) is 12.8 Å². The molecule has 1 nitrogen and oxygen atoms in total. The highest BCUT2D eigenvalue weighted by molar-refractivity contribution is 5.50. The average molecular weight is 177 g/mol. The molecule has 0 aliphatic heterocycles. The van der Waals surface area contributed by atoms with Crippen molar-refractivity contribution in [3.63, 3.8) is 0 Å². The monoisotopic (exact) mass is 177 g/mol. The van der Waals surface area contributed by atoms with E-state index in [0.29, 0.717) is 12.0 Å². The molecule has 1 aromatic rings. The van der Waals surface area contributed by atoms with Gasteiger partial charge >= 0.3 is 0 Å². The van der Waals surface area contributed by atoms with Crippen molar-refractivity contribution >= 4 is 5.69 Å². The fraction of sp³-hybridized carbons (Fsp3) is 0.500. The summed E-state index contributed by atoms with van der Waals surface area (Å²) >= 11 is 0. The van der Waals surface area contributed by atoms with Crippen LogP contribution in [0.15, 0.2) is 24.3 Å². The van der Waals surface area contributed by atoms with Gasteiger partial charge in [0.05, 0.1) is 0 Å². The molecule has 0 fully saturated rings. The Labute approximate surface area is 81.2 Å². The Balaban J connectivity index is 2.69. The van der Waals surface area contributed by atoms with E-state index in [-0.39, 0.29) is 0 Å². The number of benzene rings is 1. The van der Waals surface area contributed by atoms with Gasteiger partial charge in [-0.1, -0.05) is 32.0 Å². The van der Waals surface area contributed by atoms with Crippen molar-refractivity contribution in [3.05, 3.63) is 29.8 Å². The lowest BCUT2D eigenvalue weighted by atomic mass is 10.1. The van der Waals surface area contributed by atoms with Gasteiger partial charge in [0.15, 0.2) is 0 Å². The lowest BCUT2D eigenvalue weighted by Gasteiger charge is -2.20. The molecule has 0 spiro atoms. The van der Waals surface area contributed by atoms with Crippen LogP contribution in [0.5, 0.6) is 0 Å². The molecule has 1 N–H and O–H groups in total. The van der Waals surface area contributed by atoms with Gasteiger partial charge in [0.25, 0.3) is 0 Å². The van der Waals surface area contributed by atoms with Gasteiger partial charge in [-0.15, -0.1) is 0 Å². The summed E-state index contributed by atoms with van der Waals surface area (Å²) in [6.45, 7) is 8.82. The maximum Gasteiger partial charge on any atom is 0.0372 e. The highest BCUT2D eigenvalue weighted by Gasteiger charge is 2.06. The summed E-state index contributed by atoms with van der Waals surface area (Å²) in [5, 5.41) is 3.51.